The Labute approximate surface area is 185 Å². The molecule has 1 aromatic heterocycles. The number of benzene rings is 2. The third kappa shape index (κ3) is 4.98. The Morgan fingerprint density at radius 3 is 2.67 bits per heavy atom. The molecule has 0 radical (unpaired) electrons. The summed E-state index contributed by atoms with van der Waals surface area (Å²) in [6.45, 7) is 6.14. The van der Waals surface area contributed by atoms with Gasteiger partial charge in [0.25, 0.3) is 0 Å². The van der Waals surface area contributed by atoms with E-state index in [0.29, 0.717) is 44.5 Å². The third-order valence-corrected chi connectivity index (χ3v) is 6.06. The van der Waals surface area contributed by atoms with Gasteiger partial charge in [-0.3, -0.25) is 4.79 Å². The lowest BCUT2D eigenvalue weighted by atomic mass is 10.1. The number of nitrogens with zero attached hydrogens (tertiary/aromatic N) is 1. The number of hydrogen-bond acceptors (Lipinski definition) is 5. The number of rotatable bonds is 7. The van der Waals surface area contributed by atoms with Crippen LogP contribution in [0.25, 0.3) is 22.1 Å². The zero-order valence-electron chi connectivity index (χ0n) is 16.6. The van der Waals surface area contributed by atoms with Crippen LogP contribution in [0.1, 0.15) is 12.8 Å². The molecule has 1 aliphatic heterocycles. The standard InChI is InChI=1S/C23H24Cl2N2O3/c24-20-6-3-16(13-21(20)25)19-15-30-22-14-17(4-5-18(22)23(19)28)29-12-2-1-9-27-10-7-26-8-11-27/h3-6,13-15,26H,1-2,7-12H2. The van der Waals surface area contributed by atoms with Crippen molar-refractivity contribution in [3.8, 4) is 16.9 Å². The van der Waals surface area contributed by atoms with Gasteiger partial charge in [0.1, 0.15) is 17.6 Å². The van der Waals surface area contributed by atoms with E-state index in [1.54, 1.807) is 30.3 Å². The van der Waals surface area contributed by atoms with Crippen LogP contribution in [0.15, 0.2) is 51.9 Å². The molecule has 3 aromatic rings. The van der Waals surface area contributed by atoms with Crippen molar-refractivity contribution >= 4 is 34.2 Å². The summed E-state index contributed by atoms with van der Waals surface area (Å²) in [4.78, 5) is 15.4. The van der Waals surface area contributed by atoms with Crippen LogP contribution in [0.4, 0.5) is 0 Å². The first-order valence-corrected chi connectivity index (χ1v) is 10.9. The van der Waals surface area contributed by atoms with Crippen molar-refractivity contribution in [3.05, 3.63) is 62.9 Å². The lowest BCUT2D eigenvalue weighted by molar-refractivity contribution is 0.226. The van der Waals surface area contributed by atoms with Gasteiger partial charge in [0.15, 0.2) is 5.43 Å². The Hall–Kier alpha value is -2.05. The fraction of sp³-hybridized carbons (Fsp3) is 0.348. The van der Waals surface area contributed by atoms with Gasteiger partial charge in [-0.1, -0.05) is 29.3 Å². The predicted octanol–water partition coefficient (Wildman–Crippen LogP) is 4.83. The lowest BCUT2D eigenvalue weighted by Crippen LogP contribution is -2.43. The van der Waals surface area contributed by atoms with Crippen molar-refractivity contribution < 1.29 is 9.15 Å². The summed E-state index contributed by atoms with van der Waals surface area (Å²) in [6.07, 6.45) is 3.55. The van der Waals surface area contributed by atoms with Gasteiger partial charge in [0, 0.05) is 32.2 Å². The van der Waals surface area contributed by atoms with Crippen LogP contribution in [-0.4, -0.2) is 44.2 Å². The molecule has 7 heteroatoms. The normalized spacial score (nSPS) is 14.9. The van der Waals surface area contributed by atoms with E-state index in [9.17, 15) is 4.79 Å². The van der Waals surface area contributed by atoms with Gasteiger partial charge in [-0.2, -0.15) is 0 Å². The van der Waals surface area contributed by atoms with Crippen LogP contribution < -0.4 is 15.5 Å². The van der Waals surface area contributed by atoms with E-state index < -0.39 is 0 Å². The summed E-state index contributed by atoms with van der Waals surface area (Å²) in [7, 11) is 0. The molecular formula is C23H24Cl2N2O3. The van der Waals surface area contributed by atoms with Crippen LogP contribution in [-0.2, 0) is 0 Å². The van der Waals surface area contributed by atoms with Crippen LogP contribution >= 0.6 is 23.2 Å². The van der Waals surface area contributed by atoms with Crippen molar-refractivity contribution in [2.45, 2.75) is 12.8 Å². The highest BCUT2D eigenvalue weighted by Gasteiger charge is 2.12. The fourth-order valence-corrected chi connectivity index (χ4v) is 3.92. The second-order valence-electron chi connectivity index (χ2n) is 7.41. The summed E-state index contributed by atoms with van der Waals surface area (Å²) in [5, 5.41) is 4.71. The van der Waals surface area contributed by atoms with E-state index in [4.69, 9.17) is 32.4 Å². The molecule has 2 heterocycles. The van der Waals surface area contributed by atoms with E-state index in [0.717, 1.165) is 45.6 Å². The molecule has 0 spiro atoms. The first kappa shape index (κ1) is 21.2. The molecule has 1 saturated heterocycles. The van der Waals surface area contributed by atoms with Gasteiger partial charge in [-0.15, -0.1) is 0 Å². The molecule has 2 aromatic carbocycles. The molecule has 4 rings (SSSR count). The number of piperazine rings is 1. The highest BCUT2D eigenvalue weighted by Crippen LogP contribution is 2.28. The maximum Gasteiger partial charge on any atom is 0.200 e. The highest BCUT2D eigenvalue weighted by molar-refractivity contribution is 6.42. The first-order chi connectivity index (χ1) is 14.6. The van der Waals surface area contributed by atoms with E-state index in [1.165, 1.54) is 6.26 Å². The number of ether oxygens (including phenoxy) is 1. The van der Waals surface area contributed by atoms with E-state index in [-0.39, 0.29) is 5.43 Å². The average molecular weight is 447 g/mol. The number of halogens is 2. The number of unbranched alkanes of at least 4 members (excludes halogenated alkanes) is 1. The minimum Gasteiger partial charge on any atom is -0.493 e. The minimum absolute atomic E-state index is 0.114. The summed E-state index contributed by atoms with van der Waals surface area (Å²) < 4.78 is 11.6. The van der Waals surface area contributed by atoms with Crippen LogP contribution in [0.2, 0.25) is 10.0 Å². The zero-order valence-corrected chi connectivity index (χ0v) is 18.1. The second kappa shape index (κ2) is 9.84. The molecule has 5 nitrogen and oxygen atoms in total. The molecule has 1 N–H and O–H groups in total. The van der Waals surface area contributed by atoms with Gasteiger partial charge in [-0.05, 0) is 49.2 Å². The summed E-state index contributed by atoms with van der Waals surface area (Å²) in [5.41, 5.74) is 1.51. The molecule has 1 aliphatic rings. The summed E-state index contributed by atoms with van der Waals surface area (Å²) >= 11 is 12.1. The van der Waals surface area contributed by atoms with E-state index in [1.807, 2.05) is 6.07 Å². The van der Waals surface area contributed by atoms with E-state index >= 15 is 0 Å². The third-order valence-electron chi connectivity index (χ3n) is 5.32. The van der Waals surface area contributed by atoms with Crippen LogP contribution in [0, 0.1) is 0 Å². The van der Waals surface area contributed by atoms with Crippen LogP contribution in [0.5, 0.6) is 5.75 Å². The fourth-order valence-electron chi connectivity index (χ4n) is 3.62. The molecule has 30 heavy (non-hydrogen) atoms. The van der Waals surface area contributed by atoms with Crippen molar-refractivity contribution in [2.24, 2.45) is 0 Å². The molecular weight excluding hydrogens is 423 g/mol. The lowest BCUT2D eigenvalue weighted by Gasteiger charge is -2.26. The molecule has 0 unspecified atom stereocenters. The molecule has 0 bridgehead atoms. The largest absolute Gasteiger partial charge is 0.493 e. The van der Waals surface area contributed by atoms with Gasteiger partial charge >= 0.3 is 0 Å². The summed E-state index contributed by atoms with van der Waals surface area (Å²) in [5.74, 6) is 0.704. The molecule has 0 aliphatic carbocycles. The number of hydrogen-bond donors (Lipinski definition) is 1. The van der Waals surface area contributed by atoms with E-state index in [2.05, 4.69) is 10.2 Å². The predicted molar refractivity (Wildman–Crippen MR) is 122 cm³/mol. The second-order valence-corrected chi connectivity index (χ2v) is 8.23. The summed E-state index contributed by atoms with van der Waals surface area (Å²) in [6, 6.07) is 10.4. The average Bonchev–Trinajstić information content (AvgIpc) is 2.76. The maximum absolute atomic E-state index is 12.9. The Kier molecular flexibility index (Phi) is 6.95. The Morgan fingerprint density at radius 1 is 1.03 bits per heavy atom. The molecule has 0 saturated carbocycles. The smallest absolute Gasteiger partial charge is 0.200 e. The van der Waals surface area contributed by atoms with Crippen LogP contribution in [0.3, 0.4) is 0 Å². The van der Waals surface area contributed by atoms with Gasteiger partial charge in [0.2, 0.25) is 0 Å². The van der Waals surface area contributed by atoms with Crippen molar-refractivity contribution in [1.82, 2.24) is 10.2 Å². The van der Waals surface area contributed by atoms with Gasteiger partial charge in [0.05, 0.1) is 27.6 Å². The zero-order chi connectivity index (χ0) is 20.9. The molecule has 0 atom stereocenters. The van der Waals surface area contributed by atoms with Crippen molar-refractivity contribution in [3.63, 3.8) is 0 Å². The number of nitrogens with one attached hydrogen (secondary N) is 1. The maximum atomic E-state index is 12.9. The Morgan fingerprint density at radius 2 is 1.87 bits per heavy atom. The number of fused-ring (bicyclic) bond motifs is 1. The van der Waals surface area contributed by atoms with Gasteiger partial charge in [-0.25, -0.2) is 0 Å². The van der Waals surface area contributed by atoms with Crippen molar-refractivity contribution in [1.29, 1.82) is 0 Å². The SMILES string of the molecule is O=c1c(-c2ccc(Cl)c(Cl)c2)coc2cc(OCCCCN3CCNCC3)ccc12. The Bertz CT molecular complexity index is 1080. The minimum atomic E-state index is -0.114. The molecule has 1 fully saturated rings. The Balaban J connectivity index is 1.39. The molecule has 158 valence electrons. The van der Waals surface area contributed by atoms with Gasteiger partial charge < -0.3 is 19.4 Å². The first-order valence-electron chi connectivity index (χ1n) is 10.2. The highest BCUT2D eigenvalue weighted by atomic mass is 35.5. The monoisotopic (exact) mass is 446 g/mol. The van der Waals surface area contributed by atoms with Crippen molar-refractivity contribution in [2.75, 3.05) is 39.3 Å². The topological polar surface area (TPSA) is 54.7 Å². The molecule has 0 amide bonds. The quantitative estimate of drug-likeness (QED) is 0.526.